The number of sulfonamides is 1. The average molecular weight is 500 g/mol. The molecule has 1 fully saturated rings. The first kappa shape index (κ1) is 25.0. The lowest BCUT2D eigenvalue weighted by Gasteiger charge is -2.15. The van der Waals surface area contributed by atoms with Crippen LogP contribution in [0.2, 0.25) is 0 Å². The zero-order valence-corrected chi connectivity index (χ0v) is 20.6. The SMILES string of the molecule is Cn1c(=O)c2cc(S(=O)(=O)NC3(C)CC3)ccc2n(Cc2ccc(C(=O)CCCCO)cc2)c1=O. The maximum atomic E-state index is 12.9. The highest BCUT2D eigenvalue weighted by atomic mass is 32.2. The van der Waals surface area contributed by atoms with Crippen LogP contribution in [0, 0.1) is 0 Å². The number of nitrogens with zero attached hydrogens (tertiary/aromatic N) is 2. The largest absolute Gasteiger partial charge is 0.396 e. The first-order valence-corrected chi connectivity index (χ1v) is 13.0. The van der Waals surface area contributed by atoms with E-state index in [1.165, 1.54) is 29.8 Å². The van der Waals surface area contributed by atoms with Gasteiger partial charge in [-0.15, -0.1) is 0 Å². The Morgan fingerprint density at radius 2 is 1.77 bits per heavy atom. The normalized spacial score (nSPS) is 14.8. The smallest absolute Gasteiger partial charge is 0.331 e. The van der Waals surface area contributed by atoms with Crippen molar-refractivity contribution < 1.29 is 18.3 Å². The fourth-order valence-corrected chi connectivity index (χ4v) is 5.48. The van der Waals surface area contributed by atoms with Crippen molar-refractivity contribution in [2.75, 3.05) is 6.61 Å². The van der Waals surface area contributed by atoms with Crippen molar-refractivity contribution in [2.24, 2.45) is 7.05 Å². The molecular formula is C25H29N3O6S. The first-order valence-electron chi connectivity index (χ1n) is 11.6. The summed E-state index contributed by atoms with van der Waals surface area (Å²) in [6, 6.07) is 11.1. The van der Waals surface area contributed by atoms with Gasteiger partial charge < -0.3 is 5.11 Å². The van der Waals surface area contributed by atoms with Crippen molar-refractivity contribution in [1.82, 2.24) is 13.9 Å². The lowest BCUT2D eigenvalue weighted by Crippen LogP contribution is -2.38. The van der Waals surface area contributed by atoms with Gasteiger partial charge >= 0.3 is 5.69 Å². The molecule has 1 aliphatic carbocycles. The van der Waals surface area contributed by atoms with Crippen LogP contribution in [0.25, 0.3) is 10.9 Å². The minimum atomic E-state index is -3.81. The molecule has 0 aliphatic heterocycles. The number of rotatable bonds is 10. The molecule has 0 unspecified atom stereocenters. The fourth-order valence-electron chi connectivity index (χ4n) is 3.99. The Hall–Kier alpha value is -3.08. The van der Waals surface area contributed by atoms with Gasteiger partial charge in [0.1, 0.15) is 0 Å². The summed E-state index contributed by atoms with van der Waals surface area (Å²) >= 11 is 0. The third-order valence-electron chi connectivity index (χ3n) is 6.43. The van der Waals surface area contributed by atoms with Gasteiger partial charge in [0.25, 0.3) is 5.56 Å². The van der Waals surface area contributed by atoms with E-state index in [2.05, 4.69) is 4.72 Å². The number of hydrogen-bond donors (Lipinski definition) is 2. The van der Waals surface area contributed by atoms with Crippen LogP contribution in [-0.2, 0) is 23.6 Å². The summed E-state index contributed by atoms with van der Waals surface area (Å²) in [5.74, 6) is -0.0165. The van der Waals surface area contributed by atoms with Gasteiger partial charge in [-0.25, -0.2) is 17.9 Å². The van der Waals surface area contributed by atoms with Crippen LogP contribution in [-0.4, -0.2) is 40.6 Å². The number of carbonyl (C=O) groups is 1. The van der Waals surface area contributed by atoms with E-state index in [1.807, 2.05) is 6.92 Å². The topological polar surface area (TPSA) is 127 Å². The molecule has 10 heteroatoms. The summed E-state index contributed by atoms with van der Waals surface area (Å²) in [6.07, 6.45) is 3.06. The number of hydrogen-bond acceptors (Lipinski definition) is 6. The molecule has 0 radical (unpaired) electrons. The zero-order valence-electron chi connectivity index (χ0n) is 19.8. The highest BCUT2D eigenvalue weighted by molar-refractivity contribution is 7.89. The van der Waals surface area contributed by atoms with Crippen LogP contribution in [0.15, 0.2) is 56.9 Å². The van der Waals surface area contributed by atoms with Crippen LogP contribution < -0.4 is 16.0 Å². The maximum absolute atomic E-state index is 12.9. The Bertz CT molecular complexity index is 1500. The molecule has 3 aromatic rings. The number of fused-ring (bicyclic) bond motifs is 1. The molecule has 4 rings (SSSR count). The van der Waals surface area contributed by atoms with Gasteiger partial charge in [-0.2, -0.15) is 0 Å². The van der Waals surface area contributed by atoms with Crippen LogP contribution >= 0.6 is 0 Å². The summed E-state index contributed by atoms with van der Waals surface area (Å²) < 4.78 is 30.7. The molecule has 0 saturated heterocycles. The zero-order chi connectivity index (χ0) is 25.4. The molecular weight excluding hydrogens is 470 g/mol. The maximum Gasteiger partial charge on any atom is 0.331 e. The summed E-state index contributed by atoms with van der Waals surface area (Å²) in [4.78, 5) is 38.0. The minimum absolute atomic E-state index is 0.0165. The van der Waals surface area contributed by atoms with Crippen molar-refractivity contribution in [1.29, 1.82) is 0 Å². The second-order valence-electron chi connectivity index (χ2n) is 9.38. The fraction of sp³-hybridized carbons (Fsp3) is 0.400. The Morgan fingerprint density at radius 1 is 1.09 bits per heavy atom. The molecule has 1 aromatic heterocycles. The number of carbonyl (C=O) groups excluding carboxylic acids is 1. The number of unbranched alkanes of at least 4 members (excludes halogenated alkanes) is 1. The van der Waals surface area contributed by atoms with Crippen molar-refractivity contribution in [3.05, 3.63) is 74.4 Å². The minimum Gasteiger partial charge on any atom is -0.396 e. The van der Waals surface area contributed by atoms with E-state index < -0.39 is 26.8 Å². The number of aliphatic hydroxyl groups is 1. The Balaban J connectivity index is 1.67. The molecule has 1 aliphatic rings. The predicted molar refractivity (Wildman–Crippen MR) is 132 cm³/mol. The molecule has 0 spiro atoms. The van der Waals surface area contributed by atoms with Gasteiger partial charge in [-0.05, 0) is 56.4 Å². The molecule has 0 amide bonds. The van der Waals surface area contributed by atoms with Crippen molar-refractivity contribution in [2.45, 2.75) is 56.0 Å². The molecule has 1 saturated carbocycles. The van der Waals surface area contributed by atoms with E-state index in [1.54, 1.807) is 24.3 Å². The van der Waals surface area contributed by atoms with Gasteiger partial charge in [0.15, 0.2) is 5.78 Å². The number of ketones is 1. The Kier molecular flexibility index (Phi) is 6.81. The van der Waals surface area contributed by atoms with Crippen molar-refractivity contribution >= 4 is 26.7 Å². The summed E-state index contributed by atoms with van der Waals surface area (Å²) in [5.41, 5.74) is 0.0868. The van der Waals surface area contributed by atoms with Crippen molar-refractivity contribution in [3.63, 3.8) is 0 Å². The summed E-state index contributed by atoms with van der Waals surface area (Å²) in [6.45, 7) is 2.03. The molecule has 35 heavy (non-hydrogen) atoms. The van der Waals surface area contributed by atoms with E-state index >= 15 is 0 Å². The van der Waals surface area contributed by atoms with E-state index in [0.717, 1.165) is 23.0 Å². The van der Waals surface area contributed by atoms with E-state index in [0.29, 0.717) is 30.3 Å². The first-order chi connectivity index (χ1) is 16.5. The molecule has 2 N–H and O–H groups in total. The predicted octanol–water partition coefficient (Wildman–Crippen LogP) is 1.92. The van der Waals surface area contributed by atoms with Crippen LogP contribution in [0.5, 0.6) is 0 Å². The van der Waals surface area contributed by atoms with Crippen molar-refractivity contribution in [3.8, 4) is 0 Å². The average Bonchev–Trinajstić information content (AvgIpc) is 3.56. The van der Waals surface area contributed by atoms with Gasteiger partial charge in [0.2, 0.25) is 10.0 Å². The number of nitrogens with one attached hydrogen (secondary N) is 1. The number of aliphatic hydroxyl groups excluding tert-OH is 1. The third kappa shape index (κ3) is 5.29. The third-order valence-corrected chi connectivity index (χ3v) is 8.07. The van der Waals surface area contributed by atoms with Gasteiger partial charge in [0, 0.05) is 31.2 Å². The number of Topliss-reactive ketones (excluding diaryl/α,β-unsaturated/α-hetero) is 1. The number of benzene rings is 2. The van der Waals surface area contributed by atoms with Gasteiger partial charge in [-0.3, -0.25) is 18.7 Å². The summed E-state index contributed by atoms with van der Waals surface area (Å²) in [5, 5.41) is 9.00. The van der Waals surface area contributed by atoms with Crippen LogP contribution in [0.3, 0.4) is 0 Å². The lowest BCUT2D eigenvalue weighted by molar-refractivity contribution is 0.0977. The second kappa shape index (κ2) is 9.52. The molecule has 0 atom stereocenters. The molecule has 2 aromatic carbocycles. The summed E-state index contributed by atoms with van der Waals surface area (Å²) in [7, 11) is -2.45. The van der Waals surface area contributed by atoms with Gasteiger partial charge in [0.05, 0.1) is 22.3 Å². The molecule has 9 nitrogen and oxygen atoms in total. The van der Waals surface area contributed by atoms with E-state index in [-0.39, 0.29) is 29.2 Å². The molecule has 1 heterocycles. The second-order valence-corrected chi connectivity index (χ2v) is 11.1. The van der Waals surface area contributed by atoms with Crippen LogP contribution in [0.4, 0.5) is 0 Å². The van der Waals surface area contributed by atoms with E-state index in [4.69, 9.17) is 5.11 Å². The quantitative estimate of drug-likeness (QED) is 0.324. The standard InChI is InChI=1S/C25H29N3O6S/c1-25(12-13-25)26-35(33,34)19-10-11-21-20(15-19)23(31)27(2)24(32)28(21)16-17-6-8-18(9-7-17)22(30)5-3-4-14-29/h6-11,15,26,29H,3-5,12-14,16H2,1-2H3. The molecule has 0 bridgehead atoms. The monoisotopic (exact) mass is 499 g/mol. The highest BCUT2D eigenvalue weighted by Crippen LogP contribution is 2.36. The van der Waals surface area contributed by atoms with Gasteiger partial charge in [-0.1, -0.05) is 24.3 Å². The Morgan fingerprint density at radius 3 is 2.40 bits per heavy atom. The Labute approximate surface area is 203 Å². The number of aromatic nitrogens is 2. The molecule has 186 valence electrons. The highest BCUT2D eigenvalue weighted by Gasteiger charge is 2.41. The lowest BCUT2D eigenvalue weighted by atomic mass is 10.0. The van der Waals surface area contributed by atoms with Crippen LogP contribution in [0.1, 0.15) is 54.9 Å². The van der Waals surface area contributed by atoms with E-state index in [9.17, 15) is 22.8 Å².